The Balaban J connectivity index is 1.98. The van der Waals surface area contributed by atoms with Gasteiger partial charge >= 0.3 is 0 Å². The summed E-state index contributed by atoms with van der Waals surface area (Å²) in [6.45, 7) is 12.4. The zero-order chi connectivity index (χ0) is 21.1. The predicted molar refractivity (Wildman–Crippen MR) is 120 cm³/mol. The second kappa shape index (κ2) is 9.95. The number of rotatable bonds is 7. The average Bonchev–Trinajstić information content (AvgIpc) is 2.58. The van der Waals surface area contributed by atoms with Gasteiger partial charge in [-0.25, -0.2) is 4.67 Å². The van der Waals surface area contributed by atoms with E-state index in [-0.39, 0.29) is 29.8 Å². The van der Waals surface area contributed by atoms with E-state index in [1.54, 1.807) is 4.67 Å². The van der Waals surface area contributed by atoms with Crippen LogP contribution in [0.3, 0.4) is 0 Å². The van der Waals surface area contributed by atoms with E-state index in [0.717, 1.165) is 32.6 Å². The Kier molecular flexibility index (Phi) is 8.67. The smallest absolute Gasteiger partial charge is 0.285 e. The first-order valence-electron chi connectivity index (χ1n) is 10.6. The molecular formula is C18H40B2N3O4P. The Bertz CT molecular complexity index is 549. The first-order chi connectivity index (χ1) is 12.9. The van der Waals surface area contributed by atoms with Crippen molar-refractivity contribution in [3.05, 3.63) is 0 Å². The van der Waals surface area contributed by atoms with E-state index in [1.807, 2.05) is 14.1 Å². The first kappa shape index (κ1) is 24.4. The summed E-state index contributed by atoms with van der Waals surface area (Å²) in [5, 5.41) is 0. The van der Waals surface area contributed by atoms with Crippen LogP contribution in [-0.2, 0) is 18.6 Å². The minimum absolute atomic E-state index is 0.0664. The standard InChI is InChI=1S/C18H40B2N3O4P/c1-7-14-8-22(10-16(19)26-14)13-28(24,21(5)6)25-12-15-9-23(18(2,3)4)11-17(20)27-15/h14-17H,7-13,19-20H2,1-6H3. The van der Waals surface area contributed by atoms with Gasteiger partial charge in [-0.15, -0.1) is 0 Å². The van der Waals surface area contributed by atoms with Gasteiger partial charge in [0.05, 0.1) is 25.1 Å². The third-order valence-corrected chi connectivity index (χ3v) is 8.11. The lowest BCUT2D eigenvalue weighted by atomic mass is 9.94. The van der Waals surface area contributed by atoms with E-state index in [0.29, 0.717) is 12.9 Å². The molecule has 0 saturated carbocycles. The van der Waals surface area contributed by atoms with Crippen LogP contribution in [0.25, 0.3) is 0 Å². The van der Waals surface area contributed by atoms with Crippen molar-refractivity contribution in [1.29, 1.82) is 0 Å². The van der Waals surface area contributed by atoms with Gasteiger partial charge < -0.3 is 14.0 Å². The van der Waals surface area contributed by atoms with Gasteiger partial charge in [0.1, 0.15) is 15.7 Å². The van der Waals surface area contributed by atoms with Gasteiger partial charge in [-0.05, 0) is 41.3 Å². The highest BCUT2D eigenvalue weighted by Gasteiger charge is 2.36. The molecule has 2 aliphatic heterocycles. The number of ether oxygens (including phenoxy) is 2. The maximum Gasteiger partial charge on any atom is 0.285 e. The molecule has 0 aliphatic carbocycles. The van der Waals surface area contributed by atoms with Crippen LogP contribution in [0.4, 0.5) is 0 Å². The van der Waals surface area contributed by atoms with Crippen LogP contribution in [0.5, 0.6) is 0 Å². The maximum atomic E-state index is 13.6. The molecule has 0 amide bonds. The van der Waals surface area contributed by atoms with Crippen LogP contribution in [0.2, 0.25) is 0 Å². The topological polar surface area (TPSA) is 54.5 Å². The monoisotopic (exact) mass is 415 g/mol. The van der Waals surface area contributed by atoms with Crippen LogP contribution < -0.4 is 0 Å². The van der Waals surface area contributed by atoms with Gasteiger partial charge in [-0.1, -0.05) is 6.92 Å². The van der Waals surface area contributed by atoms with Gasteiger partial charge in [-0.2, -0.15) is 0 Å². The van der Waals surface area contributed by atoms with Gasteiger partial charge in [0.25, 0.3) is 7.52 Å². The molecule has 28 heavy (non-hydrogen) atoms. The van der Waals surface area contributed by atoms with E-state index in [2.05, 4.69) is 53.2 Å². The van der Waals surface area contributed by atoms with Crippen LogP contribution in [0.1, 0.15) is 34.1 Å². The summed E-state index contributed by atoms with van der Waals surface area (Å²) >= 11 is 0. The Morgan fingerprint density at radius 1 is 1.07 bits per heavy atom. The Morgan fingerprint density at radius 3 is 2.25 bits per heavy atom. The molecule has 0 radical (unpaired) electrons. The van der Waals surface area contributed by atoms with E-state index in [1.165, 1.54) is 0 Å². The molecule has 162 valence electrons. The molecule has 0 N–H and O–H groups in total. The molecule has 5 atom stereocenters. The predicted octanol–water partition coefficient (Wildman–Crippen LogP) is 0.244. The molecule has 0 spiro atoms. The summed E-state index contributed by atoms with van der Waals surface area (Å²) in [5.74, 6) is 0. The highest BCUT2D eigenvalue weighted by Crippen LogP contribution is 2.49. The molecule has 0 aromatic carbocycles. The molecule has 2 aliphatic rings. The van der Waals surface area contributed by atoms with Gasteiger partial charge in [0.2, 0.25) is 0 Å². The van der Waals surface area contributed by atoms with Crippen molar-refractivity contribution in [1.82, 2.24) is 14.5 Å². The van der Waals surface area contributed by atoms with Crippen molar-refractivity contribution >= 4 is 23.2 Å². The maximum absolute atomic E-state index is 13.6. The molecule has 2 heterocycles. The number of nitrogens with zero attached hydrogens (tertiary/aromatic N) is 3. The van der Waals surface area contributed by atoms with Crippen molar-refractivity contribution in [3.63, 3.8) is 0 Å². The Morgan fingerprint density at radius 2 is 1.68 bits per heavy atom. The lowest BCUT2D eigenvalue weighted by Crippen LogP contribution is -2.56. The lowest BCUT2D eigenvalue weighted by molar-refractivity contribution is -0.0908. The van der Waals surface area contributed by atoms with E-state index >= 15 is 0 Å². The van der Waals surface area contributed by atoms with Crippen molar-refractivity contribution in [2.24, 2.45) is 0 Å². The third-order valence-electron chi connectivity index (χ3n) is 5.58. The fraction of sp³-hybridized carbons (Fsp3) is 1.00. The summed E-state index contributed by atoms with van der Waals surface area (Å²) in [6.07, 6.45) is 1.52. The fourth-order valence-corrected chi connectivity index (χ4v) is 5.60. The van der Waals surface area contributed by atoms with E-state index in [4.69, 9.17) is 14.0 Å². The number of hydrogen-bond donors (Lipinski definition) is 0. The molecule has 5 unspecified atom stereocenters. The first-order valence-corrected chi connectivity index (χ1v) is 12.4. The second-order valence-corrected chi connectivity index (χ2v) is 12.2. The molecule has 2 rings (SSSR count). The average molecular weight is 415 g/mol. The number of morpholine rings is 2. The van der Waals surface area contributed by atoms with Gasteiger partial charge in [0, 0.05) is 43.7 Å². The summed E-state index contributed by atoms with van der Waals surface area (Å²) in [5.41, 5.74) is 0.0840. The van der Waals surface area contributed by atoms with E-state index in [9.17, 15) is 4.57 Å². The second-order valence-electron chi connectivity index (χ2n) is 9.58. The zero-order valence-electron chi connectivity index (χ0n) is 19.2. The highest BCUT2D eigenvalue weighted by molar-refractivity contribution is 7.56. The van der Waals surface area contributed by atoms with Crippen molar-refractivity contribution in [2.75, 3.05) is 53.2 Å². The number of hydrogen-bond acceptors (Lipinski definition) is 6. The third kappa shape index (κ3) is 6.83. The normalized spacial score (nSPS) is 33.1. The summed E-state index contributed by atoms with van der Waals surface area (Å²) in [6, 6.07) is 0.294. The molecule has 2 saturated heterocycles. The molecular weight excluding hydrogens is 375 g/mol. The molecule has 2 fully saturated rings. The fourth-order valence-electron chi connectivity index (χ4n) is 3.90. The van der Waals surface area contributed by atoms with Crippen molar-refractivity contribution < 1.29 is 18.6 Å². The van der Waals surface area contributed by atoms with Crippen LogP contribution in [-0.4, -0.2) is 113 Å². The molecule has 7 nitrogen and oxygen atoms in total. The molecule has 0 aromatic rings. The largest absolute Gasteiger partial charge is 0.381 e. The van der Waals surface area contributed by atoms with Crippen molar-refractivity contribution in [3.8, 4) is 0 Å². The van der Waals surface area contributed by atoms with E-state index < -0.39 is 7.52 Å². The summed E-state index contributed by atoms with van der Waals surface area (Å²) in [7, 11) is 4.89. The molecule has 0 aromatic heterocycles. The van der Waals surface area contributed by atoms with Crippen molar-refractivity contribution in [2.45, 2.75) is 63.9 Å². The summed E-state index contributed by atoms with van der Waals surface area (Å²) < 4.78 is 33.5. The van der Waals surface area contributed by atoms with Crippen LogP contribution >= 0.6 is 7.52 Å². The van der Waals surface area contributed by atoms with Gasteiger partial charge in [-0.3, -0.25) is 14.4 Å². The van der Waals surface area contributed by atoms with Crippen LogP contribution in [0.15, 0.2) is 0 Å². The minimum Gasteiger partial charge on any atom is -0.381 e. The molecule has 10 heteroatoms. The summed E-state index contributed by atoms with van der Waals surface area (Å²) in [4.78, 5) is 4.65. The Labute approximate surface area is 173 Å². The quantitative estimate of drug-likeness (QED) is 0.437. The SMILES string of the molecule is BC1CN(CP(=O)(OCC2CN(C(C)(C)C)CC(B)O2)N(C)C)CC(CC)O1. The zero-order valence-corrected chi connectivity index (χ0v) is 20.1. The highest BCUT2D eigenvalue weighted by atomic mass is 31.2. The molecule has 0 bridgehead atoms. The lowest BCUT2D eigenvalue weighted by Gasteiger charge is -2.44. The van der Waals surface area contributed by atoms with Crippen LogP contribution in [0, 0.1) is 0 Å². The minimum atomic E-state index is -2.96. The van der Waals surface area contributed by atoms with Gasteiger partial charge in [0.15, 0.2) is 0 Å². The Hall–Kier alpha value is 0.120.